The van der Waals surface area contributed by atoms with E-state index >= 15 is 0 Å². The Kier molecular flexibility index (Phi) is 2.88. The van der Waals surface area contributed by atoms with Crippen molar-refractivity contribution in [1.82, 2.24) is 10.2 Å². The third-order valence-electron chi connectivity index (χ3n) is 2.19. The van der Waals surface area contributed by atoms with Gasteiger partial charge in [-0.25, -0.2) is 4.79 Å². The molecular weight excluding hydrogens is 232 g/mol. The number of rotatable bonds is 2. The molecule has 78 valence electrons. The van der Waals surface area contributed by atoms with Crippen molar-refractivity contribution in [3.63, 3.8) is 0 Å². The number of thiocarbonyl (C=S) groups is 1. The van der Waals surface area contributed by atoms with Gasteiger partial charge >= 0.3 is 6.03 Å². The molecule has 0 saturated carbocycles. The van der Waals surface area contributed by atoms with Gasteiger partial charge in [0.1, 0.15) is 4.99 Å². The molecule has 2 amide bonds. The summed E-state index contributed by atoms with van der Waals surface area (Å²) in [5.74, 6) is 0. The Morgan fingerprint density at radius 2 is 2.07 bits per heavy atom. The number of urea groups is 1. The number of carbonyl (C=O) groups is 1. The van der Waals surface area contributed by atoms with Crippen LogP contribution >= 0.6 is 23.8 Å². The van der Waals surface area contributed by atoms with Gasteiger partial charge in [-0.15, -0.1) is 0 Å². The second-order valence-corrected chi connectivity index (χ2v) is 4.17. The molecule has 5 heteroatoms. The molecule has 0 radical (unpaired) electrons. The highest BCUT2D eigenvalue weighted by Gasteiger charge is 2.24. The van der Waals surface area contributed by atoms with Crippen LogP contribution in [-0.2, 0) is 6.54 Å². The van der Waals surface area contributed by atoms with Crippen LogP contribution in [-0.4, -0.2) is 22.5 Å². The molecule has 15 heavy (non-hydrogen) atoms. The van der Waals surface area contributed by atoms with Crippen LogP contribution < -0.4 is 5.32 Å². The lowest BCUT2D eigenvalue weighted by molar-refractivity contribution is 0.227. The number of amides is 2. The zero-order valence-corrected chi connectivity index (χ0v) is 9.44. The van der Waals surface area contributed by atoms with Gasteiger partial charge in [-0.05, 0) is 17.7 Å². The molecule has 0 bridgehead atoms. The van der Waals surface area contributed by atoms with E-state index in [0.29, 0.717) is 23.1 Å². The Labute approximate surface area is 98.0 Å². The molecule has 0 aliphatic carbocycles. The molecule has 1 N–H and O–H groups in total. The molecule has 0 aromatic heterocycles. The van der Waals surface area contributed by atoms with E-state index in [1.54, 1.807) is 17.0 Å². The quantitative estimate of drug-likeness (QED) is 0.804. The fourth-order valence-electron chi connectivity index (χ4n) is 1.39. The normalized spacial score (nSPS) is 15.7. The number of hydrogen-bond acceptors (Lipinski definition) is 2. The van der Waals surface area contributed by atoms with Crippen LogP contribution in [0.3, 0.4) is 0 Å². The summed E-state index contributed by atoms with van der Waals surface area (Å²) in [6, 6.07) is 7.24. The van der Waals surface area contributed by atoms with Crippen molar-refractivity contribution in [2.75, 3.05) is 6.54 Å². The predicted molar refractivity (Wildman–Crippen MR) is 63.0 cm³/mol. The molecule has 1 fully saturated rings. The lowest BCUT2D eigenvalue weighted by Crippen LogP contribution is -2.29. The summed E-state index contributed by atoms with van der Waals surface area (Å²) >= 11 is 10.8. The van der Waals surface area contributed by atoms with E-state index in [9.17, 15) is 4.79 Å². The molecule has 1 heterocycles. The number of carbonyl (C=O) groups excluding carboxylic acids is 1. The number of nitrogens with one attached hydrogen (secondary N) is 1. The molecule has 0 unspecified atom stereocenters. The van der Waals surface area contributed by atoms with E-state index in [1.807, 2.05) is 12.1 Å². The SMILES string of the molecule is O=C1NCC(=S)N1Cc1ccc(Cl)cc1. The minimum absolute atomic E-state index is 0.130. The highest BCUT2D eigenvalue weighted by molar-refractivity contribution is 7.80. The van der Waals surface area contributed by atoms with Crippen molar-refractivity contribution in [2.45, 2.75) is 6.54 Å². The molecule has 1 saturated heterocycles. The Morgan fingerprint density at radius 1 is 1.40 bits per heavy atom. The maximum Gasteiger partial charge on any atom is 0.322 e. The van der Waals surface area contributed by atoms with Crippen LogP contribution in [0, 0.1) is 0 Å². The Hall–Kier alpha value is -1.13. The van der Waals surface area contributed by atoms with Gasteiger partial charge in [0, 0.05) is 5.02 Å². The minimum atomic E-state index is -0.130. The highest BCUT2D eigenvalue weighted by atomic mass is 35.5. The number of nitrogens with zero attached hydrogens (tertiary/aromatic N) is 1. The molecule has 0 atom stereocenters. The highest BCUT2D eigenvalue weighted by Crippen LogP contribution is 2.13. The number of halogens is 1. The smallest absolute Gasteiger partial charge is 0.322 e. The van der Waals surface area contributed by atoms with Crippen molar-refractivity contribution >= 4 is 34.8 Å². The van der Waals surface area contributed by atoms with Crippen LogP contribution in [0.2, 0.25) is 5.02 Å². The van der Waals surface area contributed by atoms with Crippen molar-refractivity contribution in [1.29, 1.82) is 0 Å². The van der Waals surface area contributed by atoms with Crippen molar-refractivity contribution in [3.8, 4) is 0 Å². The zero-order chi connectivity index (χ0) is 10.8. The van der Waals surface area contributed by atoms with Crippen molar-refractivity contribution in [2.24, 2.45) is 0 Å². The molecule has 2 rings (SSSR count). The Balaban J connectivity index is 2.11. The fourth-order valence-corrected chi connectivity index (χ4v) is 1.73. The first-order valence-electron chi connectivity index (χ1n) is 4.49. The van der Waals surface area contributed by atoms with Crippen molar-refractivity contribution < 1.29 is 4.79 Å². The molecule has 1 aliphatic rings. The summed E-state index contributed by atoms with van der Waals surface area (Å²) in [5.41, 5.74) is 1.01. The Morgan fingerprint density at radius 3 is 2.60 bits per heavy atom. The molecule has 1 aromatic rings. The van der Waals surface area contributed by atoms with E-state index in [-0.39, 0.29) is 6.03 Å². The van der Waals surface area contributed by atoms with E-state index in [4.69, 9.17) is 23.8 Å². The molecular formula is C10H9ClN2OS. The first-order chi connectivity index (χ1) is 7.16. The number of benzene rings is 1. The van der Waals surface area contributed by atoms with E-state index in [1.165, 1.54) is 0 Å². The largest absolute Gasteiger partial charge is 0.331 e. The summed E-state index contributed by atoms with van der Waals surface area (Å²) in [5, 5.41) is 3.36. The maximum absolute atomic E-state index is 11.4. The average Bonchev–Trinajstić information content (AvgIpc) is 2.53. The first-order valence-corrected chi connectivity index (χ1v) is 5.28. The van der Waals surface area contributed by atoms with Gasteiger partial charge in [-0.1, -0.05) is 36.0 Å². The van der Waals surface area contributed by atoms with Gasteiger partial charge < -0.3 is 5.32 Å². The van der Waals surface area contributed by atoms with Crippen LogP contribution in [0.4, 0.5) is 4.79 Å². The zero-order valence-electron chi connectivity index (χ0n) is 7.87. The van der Waals surface area contributed by atoms with Crippen LogP contribution in [0.15, 0.2) is 24.3 Å². The van der Waals surface area contributed by atoms with Gasteiger partial charge in [-0.3, -0.25) is 4.90 Å². The van der Waals surface area contributed by atoms with Crippen LogP contribution in [0.5, 0.6) is 0 Å². The second kappa shape index (κ2) is 4.16. The predicted octanol–water partition coefficient (Wildman–Crippen LogP) is 2.19. The summed E-state index contributed by atoms with van der Waals surface area (Å²) in [7, 11) is 0. The van der Waals surface area contributed by atoms with Gasteiger partial charge in [0.05, 0.1) is 13.1 Å². The second-order valence-electron chi connectivity index (χ2n) is 3.27. The molecule has 3 nitrogen and oxygen atoms in total. The maximum atomic E-state index is 11.4. The first kappa shape index (κ1) is 10.4. The molecule has 1 aromatic carbocycles. The standard InChI is InChI=1S/C10H9ClN2OS/c11-8-3-1-7(2-4-8)6-13-9(15)5-12-10(13)14/h1-4H,5-6H2,(H,12,14). The lowest BCUT2D eigenvalue weighted by Gasteiger charge is -2.13. The van der Waals surface area contributed by atoms with E-state index in [0.717, 1.165) is 5.56 Å². The molecule has 1 aliphatic heterocycles. The minimum Gasteiger partial charge on any atom is -0.331 e. The van der Waals surface area contributed by atoms with Crippen LogP contribution in [0.25, 0.3) is 0 Å². The molecule has 0 spiro atoms. The summed E-state index contributed by atoms with van der Waals surface area (Å²) < 4.78 is 0. The van der Waals surface area contributed by atoms with E-state index < -0.39 is 0 Å². The third-order valence-corrected chi connectivity index (χ3v) is 2.81. The van der Waals surface area contributed by atoms with Gasteiger partial charge in [0.25, 0.3) is 0 Å². The van der Waals surface area contributed by atoms with E-state index in [2.05, 4.69) is 5.32 Å². The van der Waals surface area contributed by atoms with Gasteiger partial charge in [0.15, 0.2) is 0 Å². The monoisotopic (exact) mass is 240 g/mol. The van der Waals surface area contributed by atoms with Gasteiger partial charge in [-0.2, -0.15) is 0 Å². The van der Waals surface area contributed by atoms with Crippen LogP contribution in [0.1, 0.15) is 5.56 Å². The Bertz CT molecular complexity index is 388. The van der Waals surface area contributed by atoms with Crippen molar-refractivity contribution in [3.05, 3.63) is 34.9 Å². The average molecular weight is 241 g/mol. The third kappa shape index (κ3) is 2.27. The summed E-state index contributed by atoms with van der Waals surface area (Å²) in [6.45, 7) is 0.962. The fraction of sp³-hybridized carbons (Fsp3) is 0.200. The summed E-state index contributed by atoms with van der Waals surface area (Å²) in [6.07, 6.45) is 0. The summed E-state index contributed by atoms with van der Waals surface area (Å²) in [4.78, 5) is 13.5. The van der Waals surface area contributed by atoms with Gasteiger partial charge in [0.2, 0.25) is 0 Å². The number of hydrogen-bond donors (Lipinski definition) is 1. The lowest BCUT2D eigenvalue weighted by atomic mass is 10.2. The topological polar surface area (TPSA) is 32.3 Å².